The van der Waals surface area contributed by atoms with E-state index >= 15 is 0 Å². The van der Waals surface area contributed by atoms with Gasteiger partial charge in [-0.05, 0) is 25.2 Å². The summed E-state index contributed by atoms with van der Waals surface area (Å²) in [6.07, 6.45) is 6.93. The summed E-state index contributed by atoms with van der Waals surface area (Å²) in [5.41, 5.74) is 0. The number of hydrogen-bond acceptors (Lipinski definition) is 1. The van der Waals surface area contributed by atoms with E-state index < -0.39 is 0 Å². The Labute approximate surface area is 83.9 Å². The van der Waals surface area contributed by atoms with E-state index in [4.69, 9.17) is 4.74 Å². The first-order valence-corrected chi connectivity index (χ1v) is 5.89. The molecule has 13 heavy (non-hydrogen) atoms. The Balaban J connectivity index is 0.000000424. The molecule has 0 spiro atoms. The van der Waals surface area contributed by atoms with Crippen LogP contribution >= 0.6 is 0 Å². The molecule has 1 aliphatic heterocycles. The Bertz CT molecular complexity index is 91.3. The molecule has 2 unspecified atom stereocenters. The second-order valence-electron chi connectivity index (χ2n) is 3.91. The second-order valence-corrected chi connectivity index (χ2v) is 3.91. The lowest BCUT2D eigenvalue weighted by Crippen LogP contribution is -2.24. The molecule has 1 heteroatoms. The molecule has 0 amide bonds. The first kappa shape index (κ1) is 13.0. The Morgan fingerprint density at radius 2 is 1.69 bits per heavy atom. The highest BCUT2D eigenvalue weighted by Gasteiger charge is 2.19. The van der Waals surface area contributed by atoms with Crippen molar-refractivity contribution in [2.24, 2.45) is 5.92 Å². The molecule has 1 aliphatic rings. The molecular weight excluding hydrogens is 160 g/mol. The van der Waals surface area contributed by atoms with Crippen molar-refractivity contribution in [3.8, 4) is 0 Å². The van der Waals surface area contributed by atoms with Crippen LogP contribution in [0.3, 0.4) is 0 Å². The van der Waals surface area contributed by atoms with Crippen molar-refractivity contribution in [2.45, 2.75) is 65.9 Å². The standard InChI is InChI=1S/C9H18O.C3H8/c1-3-8-5-6-10-9(4-2)7-8;1-3-2/h8-9H,3-7H2,1-2H3;3H2,1-2H3. The highest BCUT2D eigenvalue weighted by Crippen LogP contribution is 2.23. The summed E-state index contributed by atoms with van der Waals surface area (Å²) < 4.78 is 5.56. The van der Waals surface area contributed by atoms with Crippen LogP contribution < -0.4 is 0 Å². The SMILES string of the molecule is CCC.CCC1CCOC(CC)C1. The van der Waals surface area contributed by atoms with Crippen LogP contribution in [0.5, 0.6) is 0 Å². The molecule has 1 saturated heterocycles. The predicted octanol–water partition coefficient (Wildman–Crippen LogP) is 4.02. The van der Waals surface area contributed by atoms with E-state index in [0.29, 0.717) is 6.10 Å². The van der Waals surface area contributed by atoms with Crippen LogP contribution in [0.2, 0.25) is 0 Å². The number of ether oxygens (including phenoxy) is 1. The summed E-state index contributed by atoms with van der Waals surface area (Å²) in [5.74, 6) is 0.943. The molecule has 0 radical (unpaired) electrons. The summed E-state index contributed by atoms with van der Waals surface area (Å²) in [7, 11) is 0. The zero-order chi connectivity index (χ0) is 10.1. The van der Waals surface area contributed by atoms with Gasteiger partial charge in [0.2, 0.25) is 0 Å². The first-order valence-electron chi connectivity index (χ1n) is 5.89. The molecular formula is C12H26O. The van der Waals surface area contributed by atoms with Gasteiger partial charge in [0.1, 0.15) is 0 Å². The van der Waals surface area contributed by atoms with Crippen molar-refractivity contribution in [1.82, 2.24) is 0 Å². The van der Waals surface area contributed by atoms with Crippen molar-refractivity contribution in [1.29, 1.82) is 0 Å². The summed E-state index contributed by atoms with van der Waals surface area (Å²) in [6, 6.07) is 0. The summed E-state index contributed by atoms with van der Waals surface area (Å²) in [6.45, 7) is 9.74. The van der Waals surface area contributed by atoms with Gasteiger partial charge in [0.25, 0.3) is 0 Å². The third kappa shape index (κ3) is 6.09. The topological polar surface area (TPSA) is 9.23 Å². The van der Waals surface area contributed by atoms with Gasteiger partial charge in [-0.3, -0.25) is 0 Å². The monoisotopic (exact) mass is 186 g/mol. The van der Waals surface area contributed by atoms with E-state index in [-0.39, 0.29) is 0 Å². The Hall–Kier alpha value is -0.0400. The average molecular weight is 186 g/mol. The Kier molecular flexibility index (Phi) is 8.53. The fourth-order valence-electron chi connectivity index (χ4n) is 1.61. The third-order valence-electron chi connectivity index (χ3n) is 2.51. The van der Waals surface area contributed by atoms with E-state index in [1.807, 2.05) is 0 Å². The normalized spacial score (nSPS) is 27.7. The van der Waals surface area contributed by atoms with E-state index in [1.54, 1.807) is 0 Å². The zero-order valence-electron chi connectivity index (χ0n) is 9.81. The second kappa shape index (κ2) is 8.55. The van der Waals surface area contributed by atoms with Crippen LogP contribution in [0, 0.1) is 5.92 Å². The summed E-state index contributed by atoms with van der Waals surface area (Å²) >= 11 is 0. The lowest BCUT2D eigenvalue weighted by molar-refractivity contribution is -0.0110. The Morgan fingerprint density at radius 3 is 2.15 bits per heavy atom. The van der Waals surface area contributed by atoms with Gasteiger partial charge in [-0.15, -0.1) is 0 Å². The zero-order valence-corrected chi connectivity index (χ0v) is 9.81. The van der Waals surface area contributed by atoms with Gasteiger partial charge in [-0.2, -0.15) is 0 Å². The van der Waals surface area contributed by atoms with Gasteiger partial charge in [0.15, 0.2) is 0 Å². The van der Waals surface area contributed by atoms with Crippen molar-refractivity contribution >= 4 is 0 Å². The molecule has 0 bridgehead atoms. The van der Waals surface area contributed by atoms with Crippen LogP contribution in [0.25, 0.3) is 0 Å². The fraction of sp³-hybridized carbons (Fsp3) is 1.00. The first-order chi connectivity index (χ1) is 6.28. The maximum atomic E-state index is 5.56. The third-order valence-corrected chi connectivity index (χ3v) is 2.51. The van der Waals surface area contributed by atoms with Crippen molar-refractivity contribution < 1.29 is 4.74 Å². The van der Waals surface area contributed by atoms with E-state index in [0.717, 1.165) is 12.5 Å². The molecule has 2 atom stereocenters. The highest BCUT2D eigenvalue weighted by atomic mass is 16.5. The van der Waals surface area contributed by atoms with Crippen LogP contribution in [0.15, 0.2) is 0 Å². The van der Waals surface area contributed by atoms with E-state index in [2.05, 4.69) is 27.7 Å². The van der Waals surface area contributed by atoms with Gasteiger partial charge >= 0.3 is 0 Å². The molecule has 0 aromatic rings. The van der Waals surface area contributed by atoms with Gasteiger partial charge in [-0.1, -0.05) is 40.5 Å². The molecule has 0 N–H and O–H groups in total. The minimum Gasteiger partial charge on any atom is -0.378 e. The smallest absolute Gasteiger partial charge is 0.0575 e. The average Bonchev–Trinajstić information content (AvgIpc) is 2.19. The van der Waals surface area contributed by atoms with Gasteiger partial charge in [0, 0.05) is 6.61 Å². The Morgan fingerprint density at radius 1 is 1.08 bits per heavy atom. The molecule has 80 valence electrons. The lowest BCUT2D eigenvalue weighted by Gasteiger charge is -2.27. The van der Waals surface area contributed by atoms with Crippen molar-refractivity contribution in [3.63, 3.8) is 0 Å². The minimum absolute atomic E-state index is 0.568. The van der Waals surface area contributed by atoms with Gasteiger partial charge in [-0.25, -0.2) is 0 Å². The quantitative estimate of drug-likeness (QED) is 0.633. The van der Waals surface area contributed by atoms with Gasteiger partial charge in [0.05, 0.1) is 6.10 Å². The van der Waals surface area contributed by atoms with Gasteiger partial charge < -0.3 is 4.74 Å². The molecule has 1 rings (SSSR count). The fourth-order valence-corrected chi connectivity index (χ4v) is 1.61. The number of hydrogen-bond donors (Lipinski definition) is 0. The maximum absolute atomic E-state index is 5.56. The van der Waals surface area contributed by atoms with E-state index in [9.17, 15) is 0 Å². The lowest BCUT2D eigenvalue weighted by atomic mass is 9.92. The van der Waals surface area contributed by atoms with E-state index in [1.165, 1.54) is 32.1 Å². The van der Waals surface area contributed by atoms with Crippen LogP contribution in [0.4, 0.5) is 0 Å². The summed E-state index contributed by atoms with van der Waals surface area (Å²) in [5, 5.41) is 0. The summed E-state index contributed by atoms with van der Waals surface area (Å²) in [4.78, 5) is 0. The minimum atomic E-state index is 0.568. The molecule has 1 heterocycles. The molecule has 0 aromatic heterocycles. The van der Waals surface area contributed by atoms with Crippen molar-refractivity contribution in [3.05, 3.63) is 0 Å². The van der Waals surface area contributed by atoms with Crippen LogP contribution in [0.1, 0.15) is 59.8 Å². The van der Waals surface area contributed by atoms with Crippen LogP contribution in [-0.2, 0) is 4.74 Å². The number of rotatable bonds is 2. The van der Waals surface area contributed by atoms with Crippen molar-refractivity contribution in [2.75, 3.05) is 6.61 Å². The molecule has 0 saturated carbocycles. The predicted molar refractivity (Wildman–Crippen MR) is 59.0 cm³/mol. The maximum Gasteiger partial charge on any atom is 0.0575 e. The largest absolute Gasteiger partial charge is 0.378 e. The highest BCUT2D eigenvalue weighted by molar-refractivity contribution is 4.69. The molecule has 1 fully saturated rings. The molecule has 0 aromatic carbocycles. The molecule has 0 aliphatic carbocycles. The molecule has 1 nitrogen and oxygen atoms in total. The van der Waals surface area contributed by atoms with Crippen LogP contribution in [-0.4, -0.2) is 12.7 Å².